The Kier molecular flexibility index (Phi) is 6.25. The number of carbonyl (C=O) groups is 2. The van der Waals surface area contributed by atoms with E-state index in [1.165, 1.54) is 23.0 Å². The third-order valence-electron chi connectivity index (χ3n) is 5.41. The summed E-state index contributed by atoms with van der Waals surface area (Å²) >= 11 is 12.1. The molecular formula is C22H20Cl2N4O3. The normalized spacial score (nSPS) is 14.6. The van der Waals surface area contributed by atoms with Gasteiger partial charge in [-0.2, -0.15) is 0 Å². The second-order valence-corrected chi connectivity index (χ2v) is 8.32. The number of nitrogens with one attached hydrogen (secondary N) is 1. The summed E-state index contributed by atoms with van der Waals surface area (Å²) < 4.78 is 1.26. The lowest BCUT2D eigenvalue weighted by Crippen LogP contribution is -2.43. The zero-order valence-corrected chi connectivity index (χ0v) is 18.1. The number of fused-ring (bicyclic) bond motifs is 1. The summed E-state index contributed by atoms with van der Waals surface area (Å²) in [4.78, 5) is 43.8. The molecule has 0 spiro atoms. The van der Waals surface area contributed by atoms with E-state index in [2.05, 4.69) is 10.3 Å². The van der Waals surface area contributed by atoms with Crippen molar-refractivity contribution in [1.29, 1.82) is 0 Å². The van der Waals surface area contributed by atoms with Gasteiger partial charge in [0.05, 0.1) is 22.3 Å². The van der Waals surface area contributed by atoms with Crippen molar-refractivity contribution < 1.29 is 9.59 Å². The molecule has 2 heterocycles. The highest BCUT2D eigenvalue weighted by atomic mass is 35.5. The maximum Gasteiger partial charge on any atom is 0.261 e. The van der Waals surface area contributed by atoms with Gasteiger partial charge >= 0.3 is 0 Å². The van der Waals surface area contributed by atoms with Crippen LogP contribution in [-0.2, 0) is 16.1 Å². The monoisotopic (exact) mass is 458 g/mol. The molecule has 2 amide bonds. The summed E-state index contributed by atoms with van der Waals surface area (Å²) in [6.07, 6.45) is 2.46. The Bertz CT molecular complexity index is 1190. The largest absolute Gasteiger partial charge is 0.341 e. The second-order valence-electron chi connectivity index (χ2n) is 7.47. The molecule has 0 unspecified atom stereocenters. The molecule has 9 heteroatoms. The van der Waals surface area contributed by atoms with Crippen LogP contribution in [-0.4, -0.2) is 39.4 Å². The van der Waals surface area contributed by atoms with Gasteiger partial charge in [0.25, 0.3) is 5.56 Å². The van der Waals surface area contributed by atoms with Gasteiger partial charge in [0.1, 0.15) is 6.54 Å². The fourth-order valence-electron chi connectivity index (χ4n) is 3.71. The van der Waals surface area contributed by atoms with E-state index in [1.54, 1.807) is 4.90 Å². The Morgan fingerprint density at radius 2 is 1.81 bits per heavy atom. The number of anilines is 1. The van der Waals surface area contributed by atoms with Crippen LogP contribution in [0.3, 0.4) is 0 Å². The summed E-state index contributed by atoms with van der Waals surface area (Å²) in [7, 11) is 0. The van der Waals surface area contributed by atoms with Crippen LogP contribution in [0.4, 0.5) is 5.69 Å². The van der Waals surface area contributed by atoms with Crippen LogP contribution in [0.15, 0.2) is 53.6 Å². The molecule has 1 aromatic heterocycles. The number of carbonyl (C=O) groups excluding carboxylic acids is 2. The van der Waals surface area contributed by atoms with E-state index in [0.29, 0.717) is 36.5 Å². The minimum absolute atomic E-state index is 0.0398. The lowest BCUT2D eigenvalue weighted by atomic mass is 9.95. The molecule has 1 N–H and O–H groups in total. The molecule has 4 rings (SSSR count). The minimum Gasteiger partial charge on any atom is -0.341 e. The van der Waals surface area contributed by atoms with Crippen molar-refractivity contribution in [3.8, 4) is 0 Å². The van der Waals surface area contributed by atoms with E-state index in [0.717, 1.165) is 5.69 Å². The minimum atomic E-state index is -0.375. The molecule has 2 aromatic carbocycles. The van der Waals surface area contributed by atoms with Crippen LogP contribution in [0.2, 0.25) is 10.0 Å². The zero-order chi connectivity index (χ0) is 22.0. The van der Waals surface area contributed by atoms with Crippen LogP contribution in [0.1, 0.15) is 12.8 Å². The number of benzene rings is 2. The fourth-order valence-corrected chi connectivity index (χ4v) is 4.25. The molecule has 0 atom stereocenters. The number of rotatable bonds is 4. The molecular weight excluding hydrogens is 439 g/mol. The smallest absolute Gasteiger partial charge is 0.261 e. The van der Waals surface area contributed by atoms with E-state index in [9.17, 15) is 14.4 Å². The summed E-state index contributed by atoms with van der Waals surface area (Å²) in [5.74, 6) is -0.390. The number of hydrogen-bond acceptors (Lipinski definition) is 4. The SMILES string of the molecule is O=C(Nc1ccccc1)C1CCN(C(=O)Cn2cnc3c(Cl)cc(Cl)cc3c2=O)CC1. The maximum atomic E-state index is 12.7. The van der Waals surface area contributed by atoms with E-state index in [4.69, 9.17) is 23.2 Å². The summed E-state index contributed by atoms with van der Waals surface area (Å²) in [6.45, 7) is 0.783. The predicted molar refractivity (Wildman–Crippen MR) is 120 cm³/mol. The van der Waals surface area contributed by atoms with Gasteiger partial charge in [-0.3, -0.25) is 19.0 Å². The number of piperidine rings is 1. The van der Waals surface area contributed by atoms with Gasteiger partial charge in [-0.1, -0.05) is 41.4 Å². The Labute approximate surface area is 188 Å². The fraction of sp³-hybridized carbons (Fsp3) is 0.273. The number of para-hydroxylation sites is 1. The van der Waals surface area contributed by atoms with Crippen LogP contribution < -0.4 is 10.9 Å². The van der Waals surface area contributed by atoms with Crippen molar-refractivity contribution >= 4 is 51.6 Å². The number of halogens is 2. The summed E-state index contributed by atoms with van der Waals surface area (Å²) in [5.41, 5.74) is 0.735. The molecule has 1 aliphatic rings. The highest BCUT2D eigenvalue weighted by Crippen LogP contribution is 2.24. The van der Waals surface area contributed by atoms with Crippen molar-refractivity contribution in [2.75, 3.05) is 18.4 Å². The standard InChI is InChI=1S/C22H20Cl2N4O3/c23-15-10-17-20(18(24)11-15)25-13-28(22(17)31)12-19(29)27-8-6-14(7-9-27)21(30)26-16-4-2-1-3-5-16/h1-5,10-11,13-14H,6-9,12H2,(H,26,30). The van der Waals surface area contributed by atoms with Crippen LogP contribution in [0, 0.1) is 5.92 Å². The van der Waals surface area contributed by atoms with Crippen molar-refractivity contribution in [2.45, 2.75) is 19.4 Å². The molecule has 0 aliphatic carbocycles. The van der Waals surface area contributed by atoms with Crippen molar-refractivity contribution in [2.24, 2.45) is 5.92 Å². The number of nitrogens with zero attached hydrogens (tertiary/aromatic N) is 3. The van der Waals surface area contributed by atoms with Gasteiger partial charge in [-0.25, -0.2) is 4.98 Å². The summed E-state index contributed by atoms with van der Waals surface area (Å²) in [5, 5.41) is 3.80. The average molecular weight is 459 g/mol. The molecule has 160 valence electrons. The molecule has 0 saturated carbocycles. The third-order valence-corrected chi connectivity index (χ3v) is 5.92. The summed E-state index contributed by atoms with van der Waals surface area (Å²) in [6, 6.07) is 12.3. The zero-order valence-electron chi connectivity index (χ0n) is 16.6. The number of likely N-dealkylation sites (tertiary alicyclic amines) is 1. The van der Waals surface area contributed by atoms with Gasteiger partial charge in [0.2, 0.25) is 11.8 Å². The highest BCUT2D eigenvalue weighted by molar-refractivity contribution is 6.38. The first-order chi connectivity index (χ1) is 14.9. The van der Waals surface area contributed by atoms with E-state index in [-0.39, 0.29) is 40.2 Å². The van der Waals surface area contributed by atoms with Crippen molar-refractivity contribution in [1.82, 2.24) is 14.5 Å². The molecule has 3 aromatic rings. The van der Waals surface area contributed by atoms with Gasteiger partial charge in [-0.05, 0) is 37.1 Å². The van der Waals surface area contributed by atoms with Gasteiger partial charge in [0.15, 0.2) is 0 Å². The van der Waals surface area contributed by atoms with Crippen LogP contribution >= 0.6 is 23.2 Å². The molecule has 0 bridgehead atoms. The van der Waals surface area contributed by atoms with Gasteiger partial charge < -0.3 is 10.2 Å². The highest BCUT2D eigenvalue weighted by Gasteiger charge is 2.27. The van der Waals surface area contributed by atoms with Gasteiger partial charge in [-0.15, -0.1) is 0 Å². The van der Waals surface area contributed by atoms with Crippen LogP contribution in [0.5, 0.6) is 0 Å². The van der Waals surface area contributed by atoms with E-state index < -0.39 is 0 Å². The first-order valence-electron chi connectivity index (χ1n) is 9.90. The lowest BCUT2D eigenvalue weighted by Gasteiger charge is -2.31. The quantitative estimate of drug-likeness (QED) is 0.647. The molecule has 1 fully saturated rings. The Hall–Kier alpha value is -2.90. The van der Waals surface area contributed by atoms with E-state index in [1.807, 2.05) is 30.3 Å². The first kappa shape index (κ1) is 21.3. The molecule has 31 heavy (non-hydrogen) atoms. The molecule has 1 aliphatic heterocycles. The number of hydrogen-bond donors (Lipinski definition) is 1. The Morgan fingerprint density at radius 3 is 2.52 bits per heavy atom. The third kappa shape index (κ3) is 4.73. The lowest BCUT2D eigenvalue weighted by molar-refractivity contribution is -0.135. The van der Waals surface area contributed by atoms with Crippen LogP contribution in [0.25, 0.3) is 10.9 Å². The topological polar surface area (TPSA) is 84.3 Å². The number of aromatic nitrogens is 2. The second kappa shape index (κ2) is 9.08. The predicted octanol–water partition coefficient (Wildman–Crippen LogP) is 3.58. The van der Waals surface area contributed by atoms with Crippen molar-refractivity contribution in [3.05, 3.63) is 69.2 Å². The molecule has 0 radical (unpaired) electrons. The maximum absolute atomic E-state index is 12.7. The molecule has 7 nitrogen and oxygen atoms in total. The Morgan fingerprint density at radius 1 is 1.10 bits per heavy atom. The van der Waals surface area contributed by atoms with Crippen molar-refractivity contribution in [3.63, 3.8) is 0 Å². The average Bonchev–Trinajstić information content (AvgIpc) is 2.76. The molecule has 1 saturated heterocycles. The van der Waals surface area contributed by atoms with E-state index >= 15 is 0 Å². The number of amides is 2. The van der Waals surface area contributed by atoms with Gasteiger partial charge in [0, 0.05) is 29.7 Å². The first-order valence-corrected chi connectivity index (χ1v) is 10.7. The Balaban J connectivity index is 1.39.